The monoisotopic (exact) mass is 382 g/mol. The van der Waals surface area contributed by atoms with Gasteiger partial charge >= 0.3 is 12.0 Å². The molecular formula is C15H18Cl2F2N2O3. The van der Waals surface area contributed by atoms with Gasteiger partial charge in [0.25, 0.3) is 0 Å². The smallest absolute Gasteiger partial charge is 0.407 e. The number of halogens is 4. The predicted octanol–water partition coefficient (Wildman–Crippen LogP) is 4.28. The van der Waals surface area contributed by atoms with Crippen LogP contribution >= 0.6 is 23.2 Å². The summed E-state index contributed by atoms with van der Waals surface area (Å²) >= 11 is 11.5. The first kappa shape index (κ1) is 19.1. The number of carboxylic acid groups (broad SMARTS) is 1. The van der Waals surface area contributed by atoms with Crippen molar-refractivity contribution in [1.29, 1.82) is 0 Å². The molecule has 9 heteroatoms. The third-order valence-electron chi connectivity index (χ3n) is 4.24. The van der Waals surface area contributed by atoms with Crippen LogP contribution in [0.1, 0.15) is 26.3 Å². The molecule has 1 N–H and O–H groups in total. The molecule has 134 valence electrons. The van der Waals surface area contributed by atoms with Crippen molar-refractivity contribution >= 4 is 29.3 Å². The van der Waals surface area contributed by atoms with Crippen LogP contribution < -0.4 is 0 Å². The molecule has 1 aromatic heterocycles. The number of alkyl halides is 2. The topological polar surface area (TPSA) is 62.7 Å². The average molecular weight is 383 g/mol. The van der Waals surface area contributed by atoms with Gasteiger partial charge in [-0.3, -0.25) is 0 Å². The highest BCUT2D eigenvalue weighted by Crippen LogP contribution is 2.52. The van der Waals surface area contributed by atoms with Gasteiger partial charge in [-0.2, -0.15) is 8.78 Å². The Bertz CT molecular complexity index is 632. The standard InChI is InChI=1S/C15H18Cl2F2N2O3/c1-13(2,3)14(8-21(12(22)23)4-5-24-14)15(18,19)9-6-10(16)20-11(17)7-9/h6-7H,4-5,8H2,1-3H3,(H,22,23)/t14-/m1/s1. The number of nitrogens with zero attached hydrogens (tertiary/aromatic N) is 2. The Kier molecular flexibility index (Phi) is 5.01. The quantitative estimate of drug-likeness (QED) is 0.775. The van der Waals surface area contributed by atoms with Gasteiger partial charge in [0.05, 0.1) is 13.2 Å². The summed E-state index contributed by atoms with van der Waals surface area (Å²) in [6.45, 7) is 4.16. The Morgan fingerprint density at radius 2 is 1.88 bits per heavy atom. The number of amides is 1. The number of ether oxygens (including phenoxy) is 1. The summed E-state index contributed by atoms with van der Waals surface area (Å²) < 4.78 is 36.5. The van der Waals surface area contributed by atoms with Crippen LogP contribution in [-0.4, -0.2) is 46.4 Å². The molecule has 0 radical (unpaired) electrons. The Labute approximate surface area is 148 Å². The van der Waals surface area contributed by atoms with Crippen LogP contribution in [-0.2, 0) is 10.7 Å². The molecule has 1 fully saturated rings. The Hall–Kier alpha value is -1.18. The molecule has 5 nitrogen and oxygen atoms in total. The summed E-state index contributed by atoms with van der Waals surface area (Å²) in [5.74, 6) is -3.55. The third-order valence-corrected chi connectivity index (χ3v) is 4.63. The van der Waals surface area contributed by atoms with Gasteiger partial charge < -0.3 is 14.7 Å². The van der Waals surface area contributed by atoms with E-state index in [9.17, 15) is 9.90 Å². The first-order valence-corrected chi connectivity index (χ1v) is 7.99. The van der Waals surface area contributed by atoms with E-state index in [-0.39, 0.29) is 23.5 Å². The summed E-state index contributed by atoms with van der Waals surface area (Å²) in [5, 5.41) is 8.89. The van der Waals surface area contributed by atoms with Crippen molar-refractivity contribution in [3.63, 3.8) is 0 Å². The van der Waals surface area contributed by atoms with Crippen molar-refractivity contribution in [3.8, 4) is 0 Å². The number of morpholine rings is 1. The highest BCUT2D eigenvalue weighted by Gasteiger charge is 2.64. The summed E-state index contributed by atoms with van der Waals surface area (Å²) in [7, 11) is 0. The van der Waals surface area contributed by atoms with E-state index in [1.54, 1.807) is 20.8 Å². The molecule has 1 saturated heterocycles. The van der Waals surface area contributed by atoms with E-state index in [0.29, 0.717) is 0 Å². The number of hydrogen-bond acceptors (Lipinski definition) is 3. The molecular weight excluding hydrogens is 365 g/mol. The summed E-state index contributed by atoms with van der Waals surface area (Å²) in [6.07, 6.45) is -1.27. The highest BCUT2D eigenvalue weighted by atomic mass is 35.5. The van der Waals surface area contributed by atoms with Crippen molar-refractivity contribution in [3.05, 3.63) is 28.0 Å². The lowest BCUT2D eigenvalue weighted by Crippen LogP contribution is -2.67. The fourth-order valence-electron chi connectivity index (χ4n) is 2.88. The molecule has 0 spiro atoms. The molecule has 0 unspecified atom stereocenters. The second kappa shape index (κ2) is 6.28. The normalized spacial score (nSPS) is 22.5. The number of pyridine rings is 1. The van der Waals surface area contributed by atoms with Crippen LogP contribution in [0.25, 0.3) is 0 Å². The maximum atomic E-state index is 15.5. The van der Waals surface area contributed by atoms with E-state index in [2.05, 4.69) is 4.98 Å². The molecule has 0 saturated carbocycles. The molecule has 2 rings (SSSR count). The minimum absolute atomic E-state index is 0.0289. The molecule has 0 aliphatic carbocycles. The molecule has 2 heterocycles. The van der Waals surface area contributed by atoms with E-state index in [0.717, 1.165) is 17.0 Å². The van der Waals surface area contributed by atoms with Crippen LogP contribution in [0.4, 0.5) is 13.6 Å². The van der Waals surface area contributed by atoms with E-state index in [4.69, 9.17) is 27.9 Å². The van der Waals surface area contributed by atoms with Crippen molar-refractivity contribution in [2.45, 2.75) is 32.3 Å². The molecule has 0 bridgehead atoms. The molecule has 0 aromatic carbocycles. The fourth-order valence-corrected chi connectivity index (χ4v) is 3.34. The van der Waals surface area contributed by atoms with Gasteiger partial charge in [0.15, 0.2) is 5.60 Å². The zero-order valence-electron chi connectivity index (χ0n) is 13.4. The van der Waals surface area contributed by atoms with Gasteiger partial charge in [-0.15, -0.1) is 0 Å². The molecule has 24 heavy (non-hydrogen) atoms. The van der Waals surface area contributed by atoms with Crippen LogP contribution in [0.15, 0.2) is 12.1 Å². The molecule has 1 aromatic rings. The number of hydrogen-bond donors (Lipinski definition) is 1. The van der Waals surface area contributed by atoms with E-state index in [1.807, 2.05) is 0 Å². The van der Waals surface area contributed by atoms with Gasteiger partial charge in [-0.25, -0.2) is 9.78 Å². The van der Waals surface area contributed by atoms with Gasteiger partial charge in [-0.05, 0) is 17.5 Å². The number of carbonyl (C=O) groups is 1. The van der Waals surface area contributed by atoms with Crippen LogP contribution in [0.3, 0.4) is 0 Å². The van der Waals surface area contributed by atoms with Gasteiger partial charge in [-0.1, -0.05) is 44.0 Å². The Morgan fingerprint density at radius 1 is 1.33 bits per heavy atom. The minimum atomic E-state index is -3.55. The lowest BCUT2D eigenvalue weighted by atomic mass is 9.69. The Morgan fingerprint density at radius 3 is 2.33 bits per heavy atom. The predicted molar refractivity (Wildman–Crippen MR) is 85.9 cm³/mol. The fraction of sp³-hybridized carbons (Fsp3) is 0.600. The minimum Gasteiger partial charge on any atom is -0.465 e. The van der Waals surface area contributed by atoms with E-state index in [1.165, 1.54) is 0 Å². The maximum Gasteiger partial charge on any atom is 0.407 e. The summed E-state index contributed by atoms with van der Waals surface area (Å²) in [4.78, 5) is 15.9. The molecule has 1 amide bonds. The lowest BCUT2D eigenvalue weighted by Gasteiger charge is -2.53. The molecule has 1 aliphatic heterocycles. The lowest BCUT2D eigenvalue weighted by molar-refractivity contribution is -0.280. The number of rotatable bonds is 2. The van der Waals surface area contributed by atoms with Gasteiger partial charge in [0.2, 0.25) is 0 Å². The zero-order chi connectivity index (χ0) is 18.3. The summed E-state index contributed by atoms with van der Waals surface area (Å²) in [6, 6.07) is 2.04. The first-order chi connectivity index (χ1) is 10.9. The maximum absolute atomic E-state index is 15.5. The first-order valence-electron chi connectivity index (χ1n) is 7.24. The zero-order valence-corrected chi connectivity index (χ0v) is 15.0. The average Bonchev–Trinajstić information content (AvgIpc) is 2.44. The largest absolute Gasteiger partial charge is 0.465 e. The van der Waals surface area contributed by atoms with Crippen molar-refractivity contribution in [1.82, 2.24) is 9.88 Å². The Balaban J connectivity index is 2.60. The van der Waals surface area contributed by atoms with Crippen LogP contribution in [0.2, 0.25) is 10.3 Å². The third kappa shape index (κ3) is 3.17. The SMILES string of the molecule is CC(C)(C)[C@@]1(C(F)(F)c2cc(Cl)nc(Cl)c2)CN(C(=O)O)CCO1. The van der Waals surface area contributed by atoms with Crippen LogP contribution in [0.5, 0.6) is 0 Å². The molecule has 1 atom stereocenters. The van der Waals surface area contributed by atoms with Crippen LogP contribution in [0, 0.1) is 5.41 Å². The van der Waals surface area contributed by atoms with Crippen molar-refractivity contribution in [2.75, 3.05) is 19.7 Å². The highest BCUT2D eigenvalue weighted by molar-refractivity contribution is 6.32. The van der Waals surface area contributed by atoms with Gasteiger partial charge in [0.1, 0.15) is 10.3 Å². The van der Waals surface area contributed by atoms with Crippen molar-refractivity contribution < 1.29 is 23.4 Å². The number of aromatic nitrogens is 1. The molecule has 1 aliphatic rings. The van der Waals surface area contributed by atoms with Gasteiger partial charge in [0, 0.05) is 12.1 Å². The van der Waals surface area contributed by atoms with E-state index < -0.39 is 35.1 Å². The second-order valence-corrected chi connectivity index (χ2v) is 7.48. The van der Waals surface area contributed by atoms with Crippen molar-refractivity contribution in [2.24, 2.45) is 5.41 Å². The summed E-state index contributed by atoms with van der Waals surface area (Å²) in [5.41, 5.74) is -3.62. The second-order valence-electron chi connectivity index (χ2n) is 6.71. The van der Waals surface area contributed by atoms with E-state index >= 15 is 8.78 Å².